The quantitative estimate of drug-likeness (QED) is 0.703. The van der Waals surface area contributed by atoms with Crippen LogP contribution >= 0.6 is 0 Å². The summed E-state index contributed by atoms with van der Waals surface area (Å²) in [6, 6.07) is 6.29. The lowest BCUT2D eigenvalue weighted by molar-refractivity contribution is 0.356. The van der Waals surface area contributed by atoms with Crippen LogP contribution in [0.5, 0.6) is 0 Å². The van der Waals surface area contributed by atoms with Gasteiger partial charge in [-0.2, -0.15) is 0 Å². The molecule has 0 aliphatic carbocycles. The third-order valence-electron chi connectivity index (χ3n) is 2.33. The molecule has 0 saturated carbocycles. The van der Waals surface area contributed by atoms with Crippen LogP contribution in [-0.2, 0) is 0 Å². The fraction of sp³-hybridized carbons (Fsp3) is 0.400. The van der Waals surface area contributed by atoms with Crippen LogP contribution < -0.4 is 5.32 Å². The average Bonchev–Trinajstić information content (AvgIpc) is 2.52. The van der Waals surface area contributed by atoms with Crippen LogP contribution in [0.25, 0.3) is 0 Å². The molecular formula is C10H11F2N. The van der Waals surface area contributed by atoms with Crippen LogP contribution in [-0.4, -0.2) is 12.7 Å². The van der Waals surface area contributed by atoms with Crippen LogP contribution in [0.3, 0.4) is 0 Å². The van der Waals surface area contributed by atoms with E-state index in [1.807, 2.05) is 6.07 Å². The first-order valence-electron chi connectivity index (χ1n) is 4.38. The third kappa shape index (κ3) is 1.86. The average molecular weight is 183 g/mol. The lowest BCUT2D eigenvalue weighted by atomic mass is 10.1. The van der Waals surface area contributed by atoms with Crippen molar-refractivity contribution in [2.45, 2.75) is 18.6 Å². The highest BCUT2D eigenvalue weighted by Gasteiger charge is 2.24. The maximum Gasteiger partial charge on any atom is 0.123 e. The molecule has 3 heteroatoms. The van der Waals surface area contributed by atoms with Gasteiger partial charge >= 0.3 is 0 Å². The van der Waals surface area contributed by atoms with Gasteiger partial charge in [0.2, 0.25) is 0 Å². The first-order chi connectivity index (χ1) is 6.25. The van der Waals surface area contributed by atoms with Crippen LogP contribution in [0.15, 0.2) is 24.3 Å². The second-order valence-corrected chi connectivity index (χ2v) is 3.35. The number of benzene rings is 1. The molecule has 1 aliphatic rings. The lowest BCUT2D eigenvalue weighted by Crippen LogP contribution is -2.13. The van der Waals surface area contributed by atoms with Gasteiger partial charge in [0.1, 0.15) is 12.0 Å². The Bertz CT molecular complexity index is 301. The molecule has 0 bridgehead atoms. The molecule has 1 heterocycles. The van der Waals surface area contributed by atoms with E-state index in [1.54, 1.807) is 6.07 Å². The van der Waals surface area contributed by atoms with Gasteiger partial charge in [0.05, 0.1) is 0 Å². The summed E-state index contributed by atoms with van der Waals surface area (Å²) in [5, 5.41) is 3.01. The highest BCUT2D eigenvalue weighted by Crippen LogP contribution is 2.25. The van der Waals surface area contributed by atoms with E-state index in [2.05, 4.69) is 5.32 Å². The Kier molecular flexibility index (Phi) is 2.27. The fourth-order valence-electron chi connectivity index (χ4n) is 1.67. The van der Waals surface area contributed by atoms with Crippen molar-refractivity contribution in [3.8, 4) is 0 Å². The van der Waals surface area contributed by atoms with E-state index in [4.69, 9.17) is 0 Å². The second kappa shape index (κ2) is 3.42. The highest BCUT2D eigenvalue weighted by atomic mass is 19.1. The minimum Gasteiger partial charge on any atom is -0.307 e. The summed E-state index contributed by atoms with van der Waals surface area (Å²) in [7, 11) is 0. The molecule has 70 valence electrons. The van der Waals surface area contributed by atoms with Crippen LogP contribution in [0, 0.1) is 5.82 Å². The van der Waals surface area contributed by atoms with Gasteiger partial charge in [-0.05, 0) is 24.1 Å². The van der Waals surface area contributed by atoms with Gasteiger partial charge < -0.3 is 5.32 Å². The molecule has 1 N–H and O–H groups in total. The van der Waals surface area contributed by atoms with Crippen LogP contribution in [0.2, 0.25) is 0 Å². The first kappa shape index (κ1) is 8.63. The molecule has 1 aromatic rings. The summed E-state index contributed by atoms with van der Waals surface area (Å²) in [5.74, 6) is -0.262. The molecule has 2 rings (SSSR count). The molecule has 0 amide bonds. The van der Waals surface area contributed by atoms with E-state index >= 15 is 0 Å². The van der Waals surface area contributed by atoms with Crippen molar-refractivity contribution in [3.63, 3.8) is 0 Å². The van der Waals surface area contributed by atoms with Gasteiger partial charge in [0.15, 0.2) is 0 Å². The predicted molar refractivity (Wildman–Crippen MR) is 46.7 cm³/mol. The second-order valence-electron chi connectivity index (χ2n) is 3.35. The van der Waals surface area contributed by atoms with Crippen molar-refractivity contribution in [2.24, 2.45) is 0 Å². The van der Waals surface area contributed by atoms with Gasteiger partial charge in [-0.3, -0.25) is 0 Å². The Morgan fingerprint density at radius 3 is 2.85 bits per heavy atom. The van der Waals surface area contributed by atoms with Crippen molar-refractivity contribution in [1.82, 2.24) is 5.32 Å². The Morgan fingerprint density at radius 1 is 1.38 bits per heavy atom. The van der Waals surface area contributed by atoms with Crippen molar-refractivity contribution in [1.29, 1.82) is 0 Å². The molecule has 0 aromatic heterocycles. The highest BCUT2D eigenvalue weighted by molar-refractivity contribution is 5.21. The SMILES string of the molecule is Fc1cccc(C2C[C@@H](F)CN2)c1. The van der Waals surface area contributed by atoms with E-state index in [1.165, 1.54) is 12.1 Å². The molecule has 1 saturated heterocycles. The largest absolute Gasteiger partial charge is 0.307 e. The van der Waals surface area contributed by atoms with Crippen molar-refractivity contribution in [3.05, 3.63) is 35.6 Å². The summed E-state index contributed by atoms with van der Waals surface area (Å²) in [6.45, 7) is 0.376. The number of halogens is 2. The zero-order valence-electron chi connectivity index (χ0n) is 7.13. The number of hydrogen-bond acceptors (Lipinski definition) is 1. The van der Waals surface area contributed by atoms with Gasteiger partial charge in [0.25, 0.3) is 0 Å². The Labute approximate surface area is 75.8 Å². The smallest absolute Gasteiger partial charge is 0.123 e. The van der Waals surface area contributed by atoms with Gasteiger partial charge in [-0.25, -0.2) is 8.78 Å². The molecule has 1 aromatic carbocycles. The Hall–Kier alpha value is -0.960. The third-order valence-corrected chi connectivity index (χ3v) is 2.33. The molecule has 2 atom stereocenters. The molecule has 1 unspecified atom stereocenters. The van der Waals surface area contributed by atoms with E-state index in [-0.39, 0.29) is 11.9 Å². The summed E-state index contributed by atoms with van der Waals surface area (Å²) in [5.41, 5.74) is 0.833. The van der Waals surface area contributed by atoms with Crippen LogP contribution in [0.1, 0.15) is 18.0 Å². The van der Waals surface area contributed by atoms with Gasteiger partial charge in [0, 0.05) is 12.6 Å². The Morgan fingerprint density at radius 2 is 2.23 bits per heavy atom. The summed E-state index contributed by atoms with van der Waals surface area (Å²) in [4.78, 5) is 0. The van der Waals surface area contributed by atoms with E-state index in [0.717, 1.165) is 5.56 Å². The molecule has 13 heavy (non-hydrogen) atoms. The standard InChI is InChI=1S/C10H11F2N/c11-8-3-1-2-7(4-8)10-5-9(12)6-13-10/h1-4,9-10,13H,5-6H2/t9-,10?/m1/s1. The molecular weight excluding hydrogens is 172 g/mol. The normalized spacial score (nSPS) is 27.8. The molecule has 1 nitrogen and oxygen atoms in total. The van der Waals surface area contributed by atoms with E-state index in [0.29, 0.717) is 13.0 Å². The maximum absolute atomic E-state index is 12.8. The maximum atomic E-state index is 12.8. The number of alkyl halides is 1. The van der Waals surface area contributed by atoms with E-state index < -0.39 is 6.17 Å². The summed E-state index contributed by atoms with van der Waals surface area (Å²) >= 11 is 0. The van der Waals surface area contributed by atoms with Crippen molar-refractivity contribution < 1.29 is 8.78 Å². The fourth-order valence-corrected chi connectivity index (χ4v) is 1.67. The predicted octanol–water partition coefficient (Wildman–Crippen LogP) is 2.20. The summed E-state index contributed by atoms with van der Waals surface area (Å²) in [6.07, 6.45) is -0.350. The lowest BCUT2D eigenvalue weighted by Gasteiger charge is -2.09. The molecule has 0 spiro atoms. The zero-order valence-corrected chi connectivity index (χ0v) is 7.13. The minimum absolute atomic E-state index is 0.0225. The number of hydrogen-bond donors (Lipinski definition) is 1. The zero-order chi connectivity index (χ0) is 9.26. The monoisotopic (exact) mass is 183 g/mol. The topological polar surface area (TPSA) is 12.0 Å². The Balaban J connectivity index is 2.16. The number of nitrogens with one attached hydrogen (secondary N) is 1. The minimum atomic E-state index is -0.798. The van der Waals surface area contributed by atoms with Crippen LogP contribution in [0.4, 0.5) is 8.78 Å². The van der Waals surface area contributed by atoms with Gasteiger partial charge in [-0.1, -0.05) is 12.1 Å². The number of rotatable bonds is 1. The molecule has 0 radical (unpaired) electrons. The molecule has 1 aliphatic heterocycles. The van der Waals surface area contributed by atoms with E-state index in [9.17, 15) is 8.78 Å². The summed E-state index contributed by atoms with van der Waals surface area (Å²) < 4.78 is 25.6. The van der Waals surface area contributed by atoms with Gasteiger partial charge in [-0.15, -0.1) is 0 Å². The van der Waals surface area contributed by atoms with Crippen molar-refractivity contribution >= 4 is 0 Å². The van der Waals surface area contributed by atoms with Crippen molar-refractivity contribution in [2.75, 3.05) is 6.54 Å². The first-order valence-corrected chi connectivity index (χ1v) is 4.38. The molecule has 1 fully saturated rings.